The summed E-state index contributed by atoms with van der Waals surface area (Å²) in [5, 5.41) is 2.98. The second-order valence-corrected chi connectivity index (χ2v) is 7.90. The second-order valence-electron chi connectivity index (χ2n) is 7.90. The fourth-order valence-corrected chi connectivity index (χ4v) is 2.83. The molecule has 1 aromatic heterocycles. The maximum absolute atomic E-state index is 12.5. The van der Waals surface area contributed by atoms with Crippen LogP contribution in [-0.4, -0.2) is 54.7 Å². The minimum absolute atomic E-state index is 0.0264. The highest BCUT2D eigenvalue weighted by Crippen LogP contribution is 2.20. The highest BCUT2D eigenvalue weighted by atomic mass is 16.6. The Hall–Kier alpha value is -2.31. The SMILES string of the molecule is CN(C)c1cc(CNC(=O)C2CCCN(C(=O)OC(C)(C)C)C2)ccn1. The summed E-state index contributed by atoms with van der Waals surface area (Å²) in [6.07, 6.45) is 2.98. The third kappa shape index (κ3) is 5.89. The Morgan fingerprint density at radius 2 is 2.12 bits per heavy atom. The predicted molar refractivity (Wildman–Crippen MR) is 101 cm³/mol. The number of pyridine rings is 1. The number of nitrogens with one attached hydrogen (secondary N) is 1. The van der Waals surface area contributed by atoms with E-state index in [1.807, 2.05) is 51.9 Å². The van der Waals surface area contributed by atoms with Crippen LogP contribution in [-0.2, 0) is 16.1 Å². The summed E-state index contributed by atoms with van der Waals surface area (Å²) in [6.45, 7) is 7.02. The Balaban J connectivity index is 1.89. The van der Waals surface area contributed by atoms with Gasteiger partial charge in [-0.15, -0.1) is 0 Å². The lowest BCUT2D eigenvalue weighted by Gasteiger charge is -2.33. The Kier molecular flexibility index (Phi) is 6.45. The van der Waals surface area contributed by atoms with Gasteiger partial charge in [0.05, 0.1) is 5.92 Å². The van der Waals surface area contributed by atoms with Gasteiger partial charge in [0.15, 0.2) is 0 Å². The smallest absolute Gasteiger partial charge is 0.410 e. The molecule has 0 radical (unpaired) electrons. The van der Waals surface area contributed by atoms with Crippen molar-refractivity contribution in [2.45, 2.75) is 45.8 Å². The number of aromatic nitrogens is 1. The van der Waals surface area contributed by atoms with E-state index in [0.717, 1.165) is 24.2 Å². The van der Waals surface area contributed by atoms with E-state index in [9.17, 15) is 9.59 Å². The third-order valence-corrected chi connectivity index (χ3v) is 4.18. The molecule has 7 nitrogen and oxygen atoms in total. The van der Waals surface area contributed by atoms with Crippen molar-refractivity contribution in [3.8, 4) is 0 Å². The number of ether oxygens (including phenoxy) is 1. The number of nitrogens with zero attached hydrogens (tertiary/aromatic N) is 3. The first-order valence-corrected chi connectivity index (χ1v) is 9.03. The monoisotopic (exact) mass is 362 g/mol. The number of anilines is 1. The van der Waals surface area contributed by atoms with E-state index in [0.29, 0.717) is 19.6 Å². The minimum Gasteiger partial charge on any atom is -0.444 e. The van der Waals surface area contributed by atoms with Crippen LogP contribution in [0.2, 0.25) is 0 Å². The molecule has 2 heterocycles. The van der Waals surface area contributed by atoms with Gasteiger partial charge >= 0.3 is 6.09 Å². The second kappa shape index (κ2) is 8.38. The van der Waals surface area contributed by atoms with Gasteiger partial charge in [-0.3, -0.25) is 4.79 Å². The van der Waals surface area contributed by atoms with E-state index < -0.39 is 5.60 Å². The number of amides is 2. The molecule has 7 heteroatoms. The molecule has 1 fully saturated rings. The van der Waals surface area contributed by atoms with Crippen molar-refractivity contribution in [2.75, 3.05) is 32.1 Å². The normalized spacial score (nSPS) is 17.6. The largest absolute Gasteiger partial charge is 0.444 e. The Bertz CT molecular complexity index is 640. The van der Waals surface area contributed by atoms with Crippen LogP contribution in [0.3, 0.4) is 0 Å². The molecule has 144 valence electrons. The maximum atomic E-state index is 12.5. The van der Waals surface area contributed by atoms with Crippen LogP contribution in [0.15, 0.2) is 18.3 Å². The summed E-state index contributed by atoms with van der Waals surface area (Å²) in [5.74, 6) is 0.624. The lowest BCUT2D eigenvalue weighted by atomic mass is 9.97. The highest BCUT2D eigenvalue weighted by Gasteiger charge is 2.30. The van der Waals surface area contributed by atoms with E-state index in [1.54, 1.807) is 11.1 Å². The van der Waals surface area contributed by atoms with Crippen LogP contribution in [0, 0.1) is 5.92 Å². The summed E-state index contributed by atoms with van der Waals surface area (Å²) in [6, 6.07) is 3.84. The molecule has 0 aromatic carbocycles. The molecular weight excluding hydrogens is 332 g/mol. The van der Waals surface area contributed by atoms with Crippen LogP contribution < -0.4 is 10.2 Å². The minimum atomic E-state index is -0.530. The van der Waals surface area contributed by atoms with Crippen molar-refractivity contribution in [1.29, 1.82) is 0 Å². The quantitative estimate of drug-likeness (QED) is 0.890. The van der Waals surface area contributed by atoms with E-state index in [-0.39, 0.29) is 17.9 Å². The van der Waals surface area contributed by atoms with Gasteiger partial charge in [-0.25, -0.2) is 9.78 Å². The van der Waals surface area contributed by atoms with Gasteiger partial charge in [-0.05, 0) is 51.3 Å². The number of carbonyl (C=O) groups excluding carboxylic acids is 2. The van der Waals surface area contributed by atoms with Gasteiger partial charge in [-0.1, -0.05) is 0 Å². The molecule has 1 saturated heterocycles. The number of hydrogen-bond acceptors (Lipinski definition) is 5. The van der Waals surface area contributed by atoms with Crippen LogP contribution in [0.5, 0.6) is 0 Å². The van der Waals surface area contributed by atoms with Gasteiger partial charge in [-0.2, -0.15) is 0 Å². The van der Waals surface area contributed by atoms with Crippen LogP contribution in [0.1, 0.15) is 39.2 Å². The van der Waals surface area contributed by atoms with Gasteiger partial charge in [0.1, 0.15) is 11.4 Å². The molecule has 0 bridgehead atoms. The Morgan fingerprint density at radius 3 is 2.77 bits per heavy atom. The van der Waals surface area contributed by atoms with Crippen LogP contribution >= 0.6 is 0 Å². The molecule has 1 aliphatic rings. The van der Waals surface area contributed by atoms with E-state index in [1.165, 1.54) is 0 Å². The van der Waals surface area contributed by atoms with Crippen LogP contribution in [0.4, 0.5) is 10.6 Å². The summed E-state index contributed by atoms with van der Waals surface area (Å²) in [4.78, 5) is 32.6. The summed E-state index contributed by atoms with van der Waals surface area (Å²) < 4.78 is 5.41. The van der Waals surface area contributed by atoms with Crippen LogP contribution in [0.25, 0.3) is 0 Å². The van der Waals surface area contributed by atoms with Crippen molar-refractivity contribution in [2.24, 2.45) is 5.92 Å². The molecule has 0 saturated carbocycles. The van der Waals surface area contributed by atoms with Gasteiger partial charge < -0.3 is 19.9 Å². The summed E-state index contributed by atoms with van der Waals surface area (Å²) in [7, 11) is 3.86. The molecule has 0 aliphatic carbocycles. The molecule has 1 aromatic rings. The van der Waals surface area contributed by atoms with Gasteiger partial charge in [0.2, 0.25) is 5.91 Å². The number of likely N-dealkylation sites (tertiary alicyclic amines) is 1. The predicted octanol–water partition coefficient (Wildman–Crippen LogP) is 2.41. The molecule has 1 N–H and O–H groups in total. The molecule has 1 atom stereocenters. The average Bonchev–Trinajstić information content (AvgIpc) is 2.58. The standard InChI is InChI=1S/C19H30N4O3/c1-19(2,3)26-18(25)23-10-6-7-15(13-23)17(24)21-12-14-8-9-20-16(11-14)22(4)5/h8-9,11,15H,6-7,10,12-13H2,1-5H3,(H,21,24). The van der Waals surface area contributed by atoms with Gasteiger partial charge in [0.25, 0.3) is 0 Å². The molecular formula is C19H30N4O3. The molecule has 2 rings (SSSR count). The number of rotatable bonds is 4. The number of carbonyl (C=O) groups is 2. The zero-order valence-electron chi connectivity index (χ0n) is 16.4. The van der Waals surface area contributed by atoms with Crippen molar-refractivity contribution in [3.05, 3.63) is 23.9 Å². The lowest BCUT2D eigenvalue weighted by Crippen LogP contribution is -2.46. The fourth-order valence-electron chi connectivity index (χ4n) is 2.83. The Labute approximate surface area is 155 Å². The zero-order valence-corrected chi connectivity index (χ0v) is 16.4. The first-order chi connectivity index (χ1) is 12.2. The first-order valence-electron chi connectivity index (χ1n) is 9.03. The fraction of sp³-hybridized carbons (Fsp3) is 0.632. The van der Waals surface area contributed by atoms with Crippen molar-refractivity contribution >= 4 is 17.8 Å². The molecule has 26 heavy (non-hydrogen) atoms. The van der Waals surface area contributed by atoms with E-state index in [4.69, 9.17) is 4.74 Å². The van der Waals surface area contributed by atoms with Crippen molar-refractivity contribution in [1.82, 2.24) is 15.2 Å². The molecule has 0 spiro atoms. The summed E-state index contributed by atoms with van der Waals surface area (Å²) in [5.41, 5.74) is 0.467. The number of hydrogen-bond donors (Lipinski definition) is 1. The van der Waals surface area contributed by atoms with E-state index in [2.05, 4.69) is 10.3 Å². The topological polar surface area (TPSA) is 74.8 Å². The molecule has 1 aliphatic heterocycles. The molecule has 1 unspecified atom stereocenters. The molecule has 2 amide bonds. The lowest BCUT2D eigenvalue weighted by molar-refractivity contribution is -0.126. The maximum Gasteiger partial charge on any atom is 0.410 e. The van der Waals surface area contributed by atoms with Gasteiger partial charge in [0, 0.05) is 39.9 Å². The number of piperidine rings is 1. The van der Waals surface area contributed by atoms with Crippen molar-refractivity contribution in [3.63, 3.8) is 0 Å². The Morgan fingerprint density at radius 1 is 1.38 bits per heavy atom. The van der Waals surface area contributed by atoms with Crippen molar-refractivity contribution < 1.29 is 14.3 Å². The zero-order chi connectivity index (χ0) is 19.3. The summed E-state index contributed by atoms with van der Waals surface area (Å²) >= 11 is 0. The first kappa shape index (κ1) is 20.0. The highest BCUT2D eigenvalue weighted by molar-refractivity contribution is 5.80. The van der Waals surface area contributed by atoms with E-state index >= 15 is 0 Å². The third-order valence-electron chi connectivity index (χ3n) is 4.18. The average molecular weight is 362 g/mol.